The molecule has 1 saturated heterocycles. The summed E-state index contributed by atoms with van der Waals surface area (Å²) in [5.41, 5.74) is 1.25. The van der Waals surface area contributed by atoms with Crippen LogP contribution in [0.15, 0.2) is 30.5 Å². The van der Waals surface area contributed by atoms with Gasteiger partial charge in [0.1, 0.15) is 5.69 Å². The van der Waals surface area contributed by atoms with Gasteiger partial charge in [-0.3, -0.25) is 9.48 Å². The number of carbonyl (C=O) groups is 1. The third-order valence-corrected chi connectivity index (χ3v) is 4.23. The number of hydrogen-bond donors (Lipinski definition) is 4. The van der Waals surface area contributed by atoms with Crippen molar-refractivity contribution in [2.45, 2.75) is 25.3 Å². The van der Waals surface area contributed by atoms with Gasteiger partial charge in [0.25, 0.3) is 5.91 Å². The van der Waals surface area contributed by atoms with E-state index in [9.17, 15) is 15.0 Å². The summed E-state index contributed by atoms with van der Waals surface area (Å²) in [4.78, 5) is 12.2. The summed E-state index contributed by atoms with van der Waals surface area (Å²) in [6.07, 6.45) is 4.60. The van der Waals surface area contributed by atoms with E-state index >= 15 is 0 Å². The van der Waals surface area contributed by atoms with Crippen LogP contribution in [0.5, 0.6) is 11.5 Å². The fourth-order valence-corrected chi connectivity index (χ4v) is 2.86. The number of phenolic OH excluding ortho intramolecular Hbond substituents is 2. The third-order valence-electron chi connectivity index (χ3n) is 4.23. The van der Waals surface area contributed by atoms with E-state index in [2.05, 4.69) is 15.7 Å². The molecular weight excluding hydrogens is 308 g/mol. The SMILES string of the molecule is O=C(NCCc1ccc(O)c(O)c1)c1ccn(C2CCCNC2)n1. The average Bonchev–Trinajstić information content (AvgIpc) is 3.09. The quantitative estimate of drug-likeness (QED) is 0.617. The van der Waals surface area contributed by atoms with Crippen molar-refractivity contribution >= 4 is 5.91 Å². The first-order valence-corrected chi connectivity index (χ1v) is 8.18. The molecule has 1 unspecified atom stereocenters. The molecular formula is C17H22N4O3. The van der Waals surface area contributed by atoms with Crippen LogP contribution >= 0.6 is 0 Å². The number of amides is 1. The number of carbonyl (C=O) groups excluding carboxylic acids is 1. The first-order valence-electron chi connectivity index (χ1n) is 8.18. The van der Waals surface area contributed by atoms with Crippen molar-refractivity contribution < 1.29 is 15.0 Å². The lowest BCUT2D eigenvalue weighted by Crippen LogP contribution is -2.32. The van der Waals surface area contributed by atoms with Crippen molar-refractivity contribution in [3.63, 3.8) is 0 Å². The molecule has 1 aliphatic heterocycles. The van der Waals surface area contributed by atoms with E-state index in [-0.39, 0.29) is 17.4 Å². The van der Waals surface area contributed by atoms with E-state index in [0.717, 1.165) is 31.5 Å². The maximum Gasteiger partial charge on any atom is 0.271 e. The van der Waals surface area contributed by atoms with Gasteiger partial charge in [-0.2, -0.15) is 5.10 Å². The molecule has 2 heterocycles. The van der Waals surface area contributed by atoms with E-state index in [1.165, 1.54) is 12.1 Å². The van der Waals surface area contributed by atoms with Gasteiger partial charge in [0.2, 0.25) is 0 Å². The number of aromatic nitrogens is 2. The highest BCUT2D eigenvalue weighted by Gasteiger charge is 2.17. The molecule has 1 amide bonds. The molecule has 0 aliphatic carbocycles. The lowest BCUT2D eigenvalue weighted by atomic mass is 10.1. The number of nitrogens with one attached hydrogen (secondary N) is 2. The largest absolute Gasteiger partial charge is 0.504 e. The summed E-state index contributed by atoms with van der Waals surface area (Å²) in [6.45, 7) is 2.35. The first kappa shape index (κ1) is 16.3. The Morgan fingerprint density at radius 1 is 1.33 bits per heavy atom. The molecule has 2 aromatic rings. The summed E-state index contributed by atoms with van der Waals surface area (Å²) in [5.74, 6) is -0.510. The van der Waals surface area contributed by atoms with Crippen LogP contribution in [0.25, 0.3) is 0 Å². The third kappa shape index (κ3) is 3.86. The molecule has 7 heteroatoms. The van der Waals surface area contributed by atoms with E-state index in [1.54, 1.807) is 12.1 Å². The Morgan fingerprint density at radius 2 is 2.21 bits per heavy atom. The number of aromatic hydroxyl groups is 2. The molecule has 1 aliphatic rings. The number of benzene rings is 1. The second-order valence-electron chi connectivity index (χ2n) is 6.01. The Kier molecular flexibility index (Phi) is 5.00. The molecule has 7 nitrogen and oxygen atoms in total. The molecule has 1 fully saturated rings. The predicted octanol–water partition coefficient (Wildman–Crippen LogP) is 1.19. The van der Waals surface area contributed by atoms with Crippen LogP contribution in [0.1, 0.15) is 34.9 Å². The standard InChI is InChI=1S/C17H22N4O3/c22-15-4-3-12(10-16(15)23)5-8-19-17(24)14-6-9-21(20-14)13-2-1-7-18-11-13/h3-4,6,9-10,13,18,22-23H,1-2,5,7-8,11H2,(H,19,24). The fourth-order valence-electron chi connectivity index (χ4n) is 2.86. The van der Waals surface area contributed by atoms with E-state index in [0.29, 0.717) is 24.7 Å². The molecule has 24 heavy (non-hydrogen) atoms. The Labute approximate surface area is 140 Å². The second-order valence-corrected chi connectivity index (χ2v) is 6.01. The topological polar surface area (TPSA) is 99.4 Å². The maximum absolute atomic E-state index is 12.2. The van der Waals surface area contributed by atoms with Crippen LogP contribution in [0.2, 0.25) is 0 Å². The lowest BCUT2D eigenvalue weighted by molar-refractivity contribution is 0.0947. The fraction of sp³-hybridized carbons (Fsp3) is 0.412. The van der Waals surface area contributed by atoms with Crippen molar-refractivity contribution in [1.29, 1.82) is 0 Å². The summed E-state index contributed by atoms with van der Waals surface area (Å²) in [7, 11) is 0. The van der Waals surface area contributed by atoms with Gasteiger partial charge in [-0.05, 0) is 49.6 Å². The molecule has 0 radical (unpaired) electrons. The average molecular weight is 330 g/mol. The summed E-state index contributed by atoms with van der Waals surface area (Å²) in [6, 6.07) is 6.68. The van der Waals surface area contributed by atoms with Crippen LogP contribution in [0.3, 0.4) is 0 Å². The van der Waals surface area contributed by atoms with Gasteiger partial charge in [0, 0.05) is 19.3 Å². The van der Waals surface area contributed by atoms with Gasteiger partial charge >= 0.3 is 0 Å². The lowest BCUT2D eigenvalue weighted by Gasteiger charge is -2.22. The molecule has 3 rings (SSSR count). The van der Waals surface area contributed by atoms with E-state index in [1.807, 2.05) is 10.9 Å². The Bertz CT molecular complexity index is 708. The van der Waals surface area contributed by atoms with E-state index < -0.39 is 0 Å². The minimum atomic E-state index is -0.208. The highest BCUT2D eigenvalue weighted by Crippen LogP contribution is 2.24. The molecule has 0 spiro atoms. The number of piperidine rings is 1. The van der Waals surface area contributed by atoms with Gasteiger partial charge in [-0.1, -0.05) is 6.07 Å². The van der Waals surface area contributed by atoms with Crippen molar-refractivity contribution in [3.8, 4) is 11.5 Å². The molecule has 1 aromatic heterocycles. The predicted molar refractivity (Wildman–Crippen MR) is 89.2 cm³/mol. The molecule has 1 atom stereocenters. The molecule has 4 N–H and O–H groups in total. The second kappa shape index (κ2) is 7.35. The van der Waals surface area contributed by atoms with Gasteiger partial charge in [0.15, 0.2) is 11.5 Å². The van der Waals surface area contributed by atoms with Crippen LogP contribution in [0, 0.1) is 0 Å². The minimum Gasteiger partial charge on any atom is -0.504 e. The first-order chi connectivity index (χ1) is 11.6. The highest BCUT2D eigenvalue weighted by molar-refractivity contribution is 5.92. The van der Waals surface area contributed by atoms with Gasteiger partial charge in [-0.25, -0.2) is 0 Å². The number of hydrogen-bond acceptors (Lipinski definition) is 5. The maximum atomic E-state index is 12.2. The van der Waals surface area contributed by atoms with Gasteiger partial charge in [0.05, 0.1) is 6.04 Å². The van der Waals surface area contributed by atoms with Gasteiger partial charge < -0.3 is 20.8 Å². The minimum absolute atomic E-state index is 0.148. The normalized spacial score (nSPS) is 17.6. The van der Waals surface area contributed by atoms with Crippen LogP contribution in [-0.2, 0) is 6.42 Å². The molecule has 128 valence electrons. The zero-order valence-electron chi connectivity index (χ0n) is 13.4. The van der Waals surface area contributed by atoms with Crippen molar-refractivity contribution in [2.24, 2.45) is 0 Å². The van der Waals surface area contributed by atoms with Crippen LogP contribution in [0.4, 0.5) is 0 Å². The Balaban J connectivity index is 1.51. The van der Waals surface area contributed by atoms with Crippen molar-refractivity contribution in [1.82, 2.24) is 20.4 Å². The number of nitrogens with zero attached hydrogens (tertiary/aromatic N) is 2. The number of phenols is 2. The van der Waals surface area contributed by atoms with Crippen molar-refractivity contribution in [2.75, 3.05) is 19.6 Å². The zero-order chi connectivity index (χ0) is 16.9. The summed E-state index contributed by atoms with van der Waals surface area (Å²) >= 11 is 0. The molecule has 0 bridgehead atoms. The van der Waals surface area contributed by atoms with Gasteiger partial charge in [-0.15, -0.1) is 0 Å². The number of rotatable bonds is 5. The Morgan fingerprint density at radius 3 is 2.96 bits per heavy atom. The monoisotopic (exact) mass is 330 g/mol. The smallest absolute Gasteiger partial charge is 0.271 e. The van der Waals surface area contributed by atoms with E-state index in [4.69, 9.17) is 0 Å². The molecule has 0 saturated carbocycles. The summed E-state index contributed by atoms with van der Waals surface area (Å²) in [5, 5.41) is 29.3. The van der Waals surface area contributed by atoms with Crippen molar-refractivity contribution in [3.05, 3.63) is 41.7 Å². The van der Waals surface area contributed by atoms with Crippen LogP contribution in [-0.4, -0.2) is 45.5 Å². The summed E-state index contributed by atoms with van der Waals surface area (Å²) < 4.78 is 1.86. The zero-order valence-corrected chi connectivity index (χ0v) is 13.4. The Hall–Kier alpha value is -2.54. The van der Waals surface area contributed by atoms with Crippen LogP contribution < -0.4 is 10.6 Å². The molecule has 1 aromatic carbocycles. The highest BCUT2D eigenvalue weighted by atomic mass is 16.3.